The molecule has 108 valence electrons. The van der Waals surface area contributed by atoms with E-state index in [0.717, 1.165) is 11.1 Å². The van der Waals surface area contributed by atoms with Crippen molar-refractivity contribution >= 4 is 11.6 Å². The smallest absolute Gasteiger partial charge is 0.122 e. The van der Waals surface area contributed by atoms with Crippen LogP contribution in [0.4, 0.5) is 0 Å². The van der Waals surface area contributed by atoms with Gasteiger partial charge in [0.25, 0.3) is 0 Å². The minimum Gasteiger partial charge on any atom is -0.496 e. The third-order valence-corrected chi connectivity index (χ3v) is 3.68. The summed E-state index contributed by atoms with van der Waals surface area (Å²) in [4.78, 5) is 0. The Morgan fingerprint density at radius 2 is 2.10 bits per heavy atom. The Labute approximate surface area is 123 Å². The fourth-order valence-corrected chi connectivity index (χ4v) is 2.52. The summed E-state index contributed by atoms with van der Waals surface area (Å²) in [5.41, 5.74) is 7.36. The molecule has 0 saturated heterocycles. The van der Waals surface area contributed by atoms with Gasteiger partial charge in [0.1, 0.15) is 11.5 Å². The lowest BCUT2D eigenvalue weighted by Gasteiger charge is -2.23. The summed E-state index contributed by atoms with van der Waals surface area (Å²) in [6.07, 6.45) is 0.780. The monoisotopic (exact) mass is 295 g/mol. The van der Waals surface area contributed by atoms with Crippen molar-refractivity contribution in [3.63, 3.8) is 0 Å². The van der Waals surface area contributed by atoms with E-state index in [1.807, 2.05) is 0 Å². The number of methoxy groups -OCH3 is 1. The van der Waals surface area contributed by atoms with Gasteiger partial charge in [0.2, 0.25) is 0 Å². The van der Waals surface area contributed by atoms with Crippen LogP contribution in [0.15, 0.2) is 34.9 Å². The van der Waals surface area contributed by atoms with Gasteiger partial charge in [0, 0.05) is 28.6 Å². The van der Waals surface area contributed by atoms with Gasteiger partial charge in [0.05, 0.1) is 19.5 Å². The zero-order valence-corrected chi connectivity index (χ0v) is 12.2. The van der Waals surface area contributed by atoms with E-state index in [4.69, 9.17) is 26.5 Å². The molecule has 20 heavy (non-hydrogen) atoms. The molecule has 2 unspecified atom stereocenters. The SMILES string of the molecule is COc1ccc(Cl)cc1C(CN)C(O)c1ccoc1C. The lowest BCUT2D eigenvalue weighted by molar-refractivity contribution is 0.144. The number of rotatable bonds is 5. The molecule has 1 aromatic heterocycles. The van der Waals surface area contributed by atoms with Crippen molar-refractivity contribution in [2.45, 2.75) is 18.9 Å². The normalized spacial score (nSPS) is 14.1. The molecular formula is C15H18ClNO3. The van der Waals surface area contributed by atoms with E-state index < -0.39 is 6.10 Å². The van der Waals surface area contributed by atoms with Crippen molar-refractivity contribution in [1.82, 2.24) is 0 Å². The molecule has 0 saturated carbocycles. The van der Waals surface area contributed by atoms with Gasteiger partial charge in [-0.1, -0.05) is 11.6 Å². The summed E-state index contributed by atoms with van der Waals surface area (Å²) < 4.78 is 10.6. The van der Waals surface area contributed by atoms with Gasteiger partial charge in [-0.2, -0.15) is 0 Å². The minimum atomic E-state index is -0.772. The van der Waals surface area contributed by atoms with Crippen LogP contribution < -0.4 is 10.5 Å². The number of hydrogen-bond donors (Lipinski definition) is 2. The van der Waals surface area contributed by atoms with Gasteiger partial charge in [-0.15, -0.1) is 0 Å². The average molecular weight is 296 g/mol. The first kappa shape index (κ1) is 14.9. The molecule has 3 N–H and O–H groups in total. The number of nitrogens with two attached hydrogens (primary N) is 1. The topological polar surface area (TPSA) is 68.6 Å². The number of aryl methyl sites for hydroxylation is 1. The highest BCUT2D eigenvalue weighted by Crippen LogP contribution is 2.37. The molecule has 4 nitrogen and oxygen atoms in total. The van der Waals surface area contributed by atoms with E-state index in [2.05, 4.69) is 0 Å². The highest BCUT2D eigenvalue weighted by atomic mass is 35.5. The van der Waals surface area contributed by atoms with Crippen molar-refractivity contribution in [3.05, 3.63) is 52.4 Å². The second-order valence-electron chi connectivity index (χ2n) is 4.61. The lowest BCUT2D eigenvalue weighted by Crippen LogP contribution is -2.21. The van der Waals surface area contributed by atoms with E-state index in [1.54, 1.807) is 44.6 Å². The zero-order chi connectivity index (χ0) is 14.7. The summed E-state index contributed by atoms with van der Waals surface area (Å²) in [6.45, 7) is 2.07. The standard InChI is InChI=1S/C15H18ClNO3/c1-9-11(5-6-20-9)15(18)13(8-17)12-7-10(16)3-4-14(12)19-2/h3-7,13,15,18H,8,17H2,1-2H3. The van der Waals surface area contributed by atoms with Crippen molar-refractivity contribution < 1.29 is 14.3 Å². The van der Waals surface area contributed by atoms with Crippen molar-refractivity contribution in [1.29, 1.82) is 0 Å². The quantitative estimate of drug-likeness (QED) is 0.889. The van der Waals surface area contributed by atoms with Crippen LogP contribution in [0.5, 0.6) is 5.75 Å². The first-order valence-corrected chi connectivity index (χ1v) is 6.71. The predicted octanol–water partition coefficient (Wildman–Crippen LogP) is 3.03. The first-order valence-electron chi connectivity index (χ1n) is 6.34. The maximum atomic E-state index is 10.6. The minimum absolute atomic E-state index is 0.266. The van der Waals surface area contributed by atoms with Crippen molar-refractivity contribution in [2.75, 3.05) is 13.7 Å². The van der Waals surface area contributed by atoms with E-state index in [-0.39, 0.29) is 12.5 Å². The summed E-state index contributed by atoms with van der Waals surface area (Å²) in [5.74, 6) is 1.02. The Balaban J connectivity index is 2.42. The number of halogens is 1. The number of furan rings is 1. The molecule has 2 rings (SSSR count). The molecule has 0 bridgehead atoms. The predicted molar refractivity (Wildman–Crippen MR) is 78.2 cm³/mol. The van der Waals surface area contributed by atoms with Crippen molar-refractivity contribution in [2.24, 2.45) is 5.73 Å². The Morgan fingerprint density at radius 1 is 1.35 bits per heavy atom. The number of aliphatic hydroxyl groups is 1. The molecule has 2 atom stereocenters. The fourth-order valence-electron chi connectivity index (χ4n) is 2.34. The number of hydrogen-bond acceptors (Lipinski definition) is 4. The molecule has 0 radical (unpaired) electrons. The molecule has 2 aromatic rings. The zero-order valence-electron chi connectivity index (χ0n) is 11.5. The maximum absolute atomic E-state index is 10.6. The lowest BCUT2D eigenvalue weighted by atomic mass is 9.88. The molecule has 0 aliphatic heterocycles. The maximum Gasteiger partial charge on any atom is 0.122 e. The van der Waals surface area contributed by atoms with Crippen molar-refractivity contribution in [3.8, 4) is 5.75 Å². The van der Waals surface area contributed by atoms with Crippen LogP contribution in [0.2, 0.25) is 5.02 Å². The van der Waals surface area contributed by atoms with Crippen LogP contribution >= 0.6 is 11.6 Å². The Kier molecular flexibility index (Phi) is 4.70. The van der Waals surface area contributed by atoms with Crippen LogP contribution in [0.1, 0.15) is 28.9 Å². The average Bonchev–Trinajstić information content (AvgIpc) is 2.86. The van der Waals surface area contributed by atoms with Gasteiger partial charge in [-0.3, -0.25) is 0 Å². The van der Waals surface area contributed by atoms with Crippen LogP contribution in [-0.2, 0) is 0 Å². The molecule has 0 aliphatic carbocycles. The number of benzene rings is 1. The van der Waals surface area contributed by atoms with Crippen LogP contribution in [0.3, 0.4) is 0 Å². The summed E-state index contributed by atoms with van der Waals surface area (Å²) in [6, 6.07) is 7.04. The van der Waals surface area contributed by atoms with E-state index in [1.165, 1.54) is 0 Å². The van der Waals surface area contributed by atoms with Gasteiger partial charge >= 0.3 is 0 Å². The third-order valence-electron chi connectivity index (χ3n) is 3.44. The number of aliphatic hydroxyl groups excluding tert-OH is 1. The second kappa shape index (κ2) is 6.31. The molecule has 0 spiro atoms. The summed E-state index contributed by atoms with van der Waals surface area (Å²) in [7, 11) is 1.58. The second-order valence-corrected chi connectivity index (χ2v) is 5.04. The van der Waals surface area contributed by atoms with E-state index >= 15 is 0 Å². The molecule has 5 heteroatoms. The van der Waals surface area contributed by atoms with Crippen LogP contribution in [0, 0.1) is 6.92 Å². The van der Waals surface area contributed by atoms with Gasteiger partial charge < -0.3 is 20.0 Å². The first-order chi connectivity index (χ1) is 9.58. The van der Waals surface area contributed by atoms with E-state index in [9.17, 15) is 5.11 Å². The number of ether oxygens (including phenoxy) is 1. The summed E-state index contributed by atoms with van der Waals surface area (Å²) in [5, 5.41) is 11.2. The molecule has 0 amide bonds. The van der Waals surface area contributed by atoms with Gasteiger partial charge in [-0.25, -0.2) is 0 Å². The highest BCUT2D eigenvalue weighted by Gasteiger charge is 2.26. The fraction of sp³-hybridized carbons (Fsp3) is 0.333. The van der Waals surface area contributed by atoms with Gasteiger partial charge in [-0.05, 0) is 31.2 Å². The highest BCUT2D eigenvalue weighted by molar-refractivity contribution is 6.30. The van der Waals surface area contributed by atoms with E-state index in [0.29, 0.717) is 16.5 Å². The van der Waals surface area contributed by atoms with Crippen LogP contribution in [0.25, 0.3) is 0 Å². The molecule has 0 aliphatic rings. The van der Waals surface area contributed by atoms with Gasteiger partial charge in [0.15, 0.2) is 0 Å². The Hall–Kier alpha value is -1.49. The Morgan fingerprint density at radius 3 is 2.65 bits per heavy atom. The Bertz CT molecular complexity index is 582. The third kappa shape index (κ3) is 2.82. The van der Waals surface area contributed by atoms with Crippen LogP contribution in [-0.4, -0.2) is 18.8 Å². The molecule has 0 fully saturated rings. The molecule has 1 aromatic carbocycles. The summed E-state index contributed by atoms with van der Waals surface area (Å²) >= 11 is 6.04. The largest absolute Gasteiger partial charge is 0.496 e. The molecule has 1 heterocycles. The molecular weight excluding hydrogens is 278 g/mol.